The SMILES string of the molecule is Cc1cc(NC(=O)c2cc([N+](=O)[O-])cc([N+](=O)[O-])c2C)ccc1Br. The lowest BCUT2D eigenvalue weighted by Crippen LogP contribution is -2.15. The van der Waals surface area contributed by atoms with Gasteiger partial charge in [-0.25, -0.2) is 0 Å². The smallest absolute Gasteiger partial charge is 0.279 e. The molecule has 0 aromatic heterocycles. The zero-order valence-electron chi connectivity index (χ0n) is 12.7. The Morgan fingerprint density at radius 1 is 1.08 bits per heavy atom. The van der Waals surface area contributed by atoms with Crippen LogP contribution in [-0.2, 0) is 0 Å². The average Bonchev–Trinajstić information content (AvgIpc) is 2.50. The monoisotopic (exact) mass is 393 g/mol. The Balaban J connectivity index is 2.46. The number of nitro groups is 2. The molecule has 0 saturated heterocycles. The first-order valence-corrected chi connectivity index (χ1v) is 7.51. The van der Waals surface area contributed by atoms with E-state index >= 15 is 0 Å². The number of carbonyl (C=O) groups is 1. The third-order valence-corrected chi connectivity index (χ3v) is 4.32. The van der Waals surface area contributed by atoms with E-state index in [0.717, 1.165) is 22.2 Å². The molecule has 0 aliphatic heterocycles. The minimum absolute atomic E-state index is 0.0666. The van der Waals surface area contributed by atoms with Crippen LogP contribution in [0, 0.1) is 34.1 Å². The number of non-ortho nitro benzene ring substituents is 1. The van der Waals surface area contributed by atoms with Crippen molar-refractivity contribution in [3.05, 3.63) is 71.7 Å². The minimum atomic E-state index is -0.771. The molecule has 0 bridgehead atoms. The summed E-state index contributed by atoms with van der Waals surface area (Å²) in [6.07, 6.45) is 0. The summed E-state index contributed by atoms with van der Waals surface area (Å²) in [5, 5.41) is 24.6. The van der Waals surface area contributed by atoms with Crippen molar-refractivity contribution in [2.45, 2.75) is 13.8 Å². The van der Waals surface area contributed by atoms with Crippen LogP contribution in [0.3, 0.4) is 0 Å². The normalized spacial score (nSPS) is 10.3. The van der Waals surface area contributed by atoms with Gasteiger partial charge in [0.2, 0.25) is 0 Å². The van der Waals surface area contributed by atoms with E-state index in [4.69, 9.17) is 0 Å². The van der Waals surface area contributed by atoms with Crippen LogP contribution in [0.25, 0.3) is 0 Å². The van der Waals surface area contributed by atoms with Crippen LogP contribution in [0.15, 0.2) is 34.8 Å². The highest BCUT2D eigenvalue weighted by Crippen LogP contribution is 2.29. The molecule has 24 heavy (non-hydrogen) atoms. The summed E-state index contributed by atoms with van der Waals surface area (Å²) in [5.74, 6) is -0.652. The molecule has 9 heteroatoms. The molecule has 0 spiro atoms. The van der Waals surface area contributed by atoms with Gasteiger partial charge in [-0.3, -0.25) is 25.0 Å². The molecule has 8 nitrogen and oxygen atoms in total. The van der Waals surface area contributed by atoms with E-state index in [9.17, 15) is 25.0 Å². The van der Waals surface area contributed by atoms with Crippen LogP contribution in [-0.4, -0.2) is 15.8 Å². The van der Waals surface area contributed by atoms with Gasteiger partial charge in [0.15, 0.2) is 0 Å². The Morgan fingerprint density at radius 3 is 2.29 bits per heavy atom. The molecule has 2 aromatic carbocycles. The van der Waals surface area contributed by atoms with E-state index in [1.807, 2.05) is 6.92 Å². The van der Waals surface area contributed by atoms with E-state index in [-0.39, 0.29) is 11.1 Å². The molecule has 0 aliphatic rings. The summed E-state index contributed by atoms with van der Waals surface area (Å²) in [5.41, 5.74) is 0.336. The molecule has 0 aliphatic carbocycles. The molecule has 0 unspecified atom stereocenters. The van der Waals surface area contributed by atoms with Gasteiger partial charge in [0.25, 0.3) is 17.3 Å². The Morgan fingerprint density at radius 2 is 1.75 bits per heavy atom. The number of benzene rings is 2. The highest BCUT2D eigenvalue weighted by atomic mass is 79.9. The van der Waals surface area contributed by atoms with Crippen LogP contribution in [0.4, 0.5) is 17.1 Å². The lowest BCUT2D eigenvalue weighted by Gasteiger charge is -2.09. The topological polar surface area (TPSA) is 115 Å². The zero-order valence-corrected chi connectivity index (χ0v) is 14.3. The first kappa shape index (κ1) is 17.5. The quantitative estimate of drug-likeness (QED) is 0.618. The Kier molecular flexibility index (Phi) is 4.93. The van der Waals surface area contributed by atoms with Crippen molar-refractivity contribution in [3.8, 4) is 0 Å². The van der Waals surface area contributed by atoms with Gasteiger partial charge in [-0.05, 0) is 37.6 Å². The van der Waals surface area contributed by atoms with Crippen LogP contribution in [0.5, 0.6) is 0 Å². The Hall–Kier alpha value is -2.81. The van der Waals surface area contributed by atoms with Gasteiger partial charge >= 0.3 is 0 Å². The lowest BCUT2D eigenvalue weighted by atomic mass is 10.0. The maximum Gasteiger partial charge on any atom is 0.279 e. The molecule has 1 amide bonds. The van der Waals surface area contributed by atoms with Gasteiger partial charge in [-0.2, -0.15) is 0 Å². The molecule has 0 heterocycles. The molecule has 0 saturated carbocycles. The van der Waals surface area contributed by atoms with Crippen molar-refractivity contribution >= 4 is 38.9 Å². The predicted molar refractivity (Wildman–Crippen MR) is 91.3 cm³/mol. The van der Waals surface area contributed by atoms with E-state index < -0.39 is 27.1 Å². The molecule has 1 N–H and O–H groups in total. The van der Waals surface area contributed by atoms with E-state index in [0.29, 0.717) is 5.69 Å². The van der Waals surface area contributed by atoms with Crippen molar-refractivity contribution in [2.24, 2.45) is 0 Å². The largest absolute Gasteiger partial charge is 0.322 e. The number of nitrogens with zero attached hydrogens (tertiary/aromatic N) is 2. The first-order valence-electron chi connectivity index (χ1n) is 6.71. The Bertz CT molecular complexity index is 866. The minimum Gasteiger partial charge on any atom is -0.322 e. The summed E-state index contributed by atoms with van der Waals surface area (Å²) in [6.45, 7) is 3.22. The average molecular weight is 394 g/mol. The molecule has 2 aromatic rings. The molecule has 0 atom stereocenters. The zero-order chi connectivity index (χ0) is 18.0. The number of hydrogen-bond acceptors (Lipinski definition) is 5. The third kappa shape index (κ3) is 3.57. The number of nitro benzene ring substituents is 2. The second-order valence-corrected chi connectivity index (χ2v) is 5.92. The summed E-state index contributed by atoms with van der Waals surface area (Å²) in [6, 6.07) is 6.98. The summed E-state index contributed by atoms with van der Waals surface area (Å²) >= 11 is 3.34. The van der Waals surface area contributed by atoms with Gasteiger partial charge in [0.1, 0.15) is 0 Å². The van der Waals surface area contributed by atoms with E-state index in [2.05, 4.69) is 21.2 Å². The van der Waals surface area contributed by atoms with Gasteiger partial charge < -0.3 is 5.32 Å². The summed E-state index contributed by atoms with van der Waals surface area (Å²) < 4.78 is 0.864. The number of halogens is 1. The fourth-order valence-corrected chi connectivity index (χ4v) is 2.38. The molecule has 124 valence electrons. The predicted octanol–water partition coefficient (Wildman–Crippen LogP) is 4.13. The van der Waals surface area contributed by atoms with Gasteiger partial charge in [-0.15, -0.1) is 0 Å². The molecule has 2 rings (SSSR count). The van der Waals surface area contributed by atoms with Crippen LogP contribution < -0.4 is 5.32 Å². The molecule has 0 radical (unpaired) electrons. The Labute approximate surface area is 144 Å². The second-order valence-electron chi connectivity index (χ2n) is 5.07. The van der Waals surface area contributed by atoms with E-state index in [1.54, 1.807) is 18.2 Å². The van der Waals surface area contributed by atoms with E-state index in [1.165, 1.54) is 6.92 Å². The maximum absolute atomic E-state index is 12.4. The van der Waals surface area contributed by atoms with Gasteiger partial charge in [0, 0.05) is 21.8 Å². The number of rotatable bonds is 4. The highest BCUT2D eigenvalue weighted by Gasteiger charge is 2.24. The highest BCUT2D eigenvalue weighted by molar-refractivity contribution is 9.10. The second kappa shape index (κ2) is 6.75. The van der Waals surface area contributed by atoms with Crippen molar-refractivity contribution in [1.29, 1.82) is 0 Å². The standard InChI is InChI=1S/C15H12BrN3O5/c1-8-5-10(3-4-13(8)16)17-15(20)12-6-11(18(21)22)7-14(9(12)2)19(23)24/h3-7H,1-2H3,(H,17,20). The van der Waals surface area contributed by atoms with Crippen LogP contribution in [0.2, 0.25) is 0 Å². The van der Waals surface area contributed by atoms with Crippen LogP contribution >= 0.6 is 15.9 Å². The van der Waals surface area contributed by atoms with Gasteiger partial charge in [-0.1, -0.05) is 15.9 Å². The number of nitrogens with one attached hydrogen (secondary N) is 1. The fourth-order valence-electron chi connectivity index (χ4n) is 2.14. The number of aryl methyl sites for hydroxylation is 1. The third-order valence-electron chi connectivity index (χ3n) is 3.43. The van der Waals surface area contributed by atoms with Crippen molar-refractivity contribution in [3.63, 3.8) is 0 Å². The number of anilines is 1. The maximum atomic E-state index is 12.4. The number of carbonyl (C=O) groups excluding carboxylic acids is 1. The van der Waals surface area contributed by atoms with Crippen molar-refractivity contribution in [1.82, 2.24) is 0 Å². The fraction of sp³-hybridized carbons (Fsp3) is 0.133. The summed E-state index contributed by atoms with van der Waals surface area (Å²) in [7, 11) is 0. The first-order chi connectivity index (χ1) is 11.2. The molecular weight excluding hydrogens is 382 g/mol. The van der Waals surface area contributed by atoms with Crippen molar-refractivity contribution < 1.29 is 14.6 Å². The number of hydrogen-bond donors (Lipinski definition) is 1. The van der Waals surface area contributed by atoms with Gasteiger partial charge in [0.05, 0.1) is 21.5 Å². The number of amides is 1. The summed E-state index contributed by atoms with van der Waals surface area (Å²) in [4.78, 5) is 32.9. The van der Waals surface area contributed by atoms with Crippen molar-refractivity contribution in [2.75, 3.05) is 5.32 Å². The lowest BCUT2D eigenvalue weighted by molar-refractivity contribution is -0.394. The molecule has 0 fully saturated rings. The van der Waals surface area contributed by atoms with Crippen LogP contribution in [0.1, 0.15) is 21.5 Å². The molecular formula is C15H12BrN3O5.